The van der Waals surface area contributed by atoms with Crippen LogP contribution < -0.4 is 0 Å². The van der Waals surface area contributed by atoms with Crippen LogP contribution in [0.5, 0.6) is 0 Å². The van der Waals surface area contributed by atoms with Crippen LogP contribution in [-0.2, 0) is 6.42 Å². The van der Waals surface area contributed by atoms with Gasteiger partial charge in [0.05, 0.1) is 6.10 Å². The van der Waals surface area contributed by atoms with E-state index in [0.717, 1.165) is 31.9 Å². The summed E-state index contributed by atoms with van der Waals surface area (Å²) in [6.45, 7) is 9.08. The standard InChI is InChI=1S/C10H12O.C7H16.CH4O/c11-10-7-3-5-8-4-1-2-6-9(8)10;1-5-7(3,4)6-2;1-2/h1-2,4,6,10-11H,3,5,7H2;5-6H2,1-4H3;2H,1H3. The largest absolute Gasteiger partial charge is 0.400 e. The Labute approximate surface area is 124 Å². The second-order valence-electron chi connectivity index (χ2n) is 5.98. The maximum atomic E-state index is 9.56. The van der Waals surface area contributed by atoms with E-state index in [1.165, 1.54) is 18.4 Å². The lowest BCUT2D eigenvalue weighted by Gasteiger charge is -2.20. The van der Waals surface area contributed by atoms with Gasteiger partial charge in [0.25, 0.3) is 0 Å². The van der Waals surface area contributed by atoms with Crippen molar-refractivity contribution in [3.63, 3.8) is 0 Å². The van der Waals surface area contributed by atoms with Gasteiger partial charge in [0.2, 0.25) is 0 Å². The maximum absolute atomic E-state index is 9.56. The van der Waals surface area contributed by atoms with E-state index in [1.54, 1.807) is 0 Å². The predicted molar refractivity (Wildman–Crippen MR) is 86.8 cm³/mol. The Morgan fingerprint density at radius 2 is 1.65 bits per heavy atom. The number of benzene rings is 1. The van der Waals surface area contributed by atoms with Gasteiger partial charge in [-0.25, -0.2) is 0 Å². The van der Waals surface area contributed by atoms with Crippen LogP contribution in [0, 0.1) is 5.41 Å². The van der Waals surface area contributed by atoms with Crippen LogP contribution in [0.3, 0.4) is 0 Å². The highest BCUT2D eigenvalue weighted by Gasteiger charge is 2.16. The molecule has 1 aromatic carbocycles. The molecule has 2 nitrogen and oxygen atoms in total. The van der Waals surface area contributed by atoms with Crippen LogP contribution in [-0.4, -0.2) is 17.3 Å². The summed E-state index contributed by atoms with van der Waals surface area (Å²) in [5.41, 5.74) is 3.05. The second-order valence-corrected chi connectivity index (χ2v) is 5.98. The lowest BCUT2D eigenvalue weighted by Crippen LogP contribution is -2.08. The molecule has 1 unspecified atom stereocenters. The molecular formula is C18H32O2. The summed E-state index contributed by atoms with van der Waals surface area (Å²) in [7, 11) is 1.00. The van der Waals surface area contributed by atoms with Crippen LogP contribution in [0.15, 0.2) is 24.3 Å². The summed E-state index contributed by atoms with van der Waals surface area (Å²) in [5, 5.41) is 16.6. The van der Waals surface area contributed by atoms with Crippen molar-refractivity contribution in [3.8, 4) is 0 Å². The van der Waals surface area contributed by atoms with Gasteiger partial charge in [-0.05, 0) is 35.8 Å². The number of hydrogen-bond acceptors (Lipinski definition) is 2. The average Bonchev–Trinajstić information content (AvgIpc) is 2.50. The minimum absolute atomic E-state index is 0.208. The van der Waals surface area contributed by atoms with Crippen molar-refractivity contribution in [3.05, 3.63) is 35.4 Å². The van der Waals surface area contributed by atoms with E-state index in [0.29, 0.717) is 5.41 Å². The van der Waals surface area contributed by atoms with E-state index in [4.69, 9.17) is 5.11 Å². The Kier molecular flexibility index (Phi) is 9.52. The lowest BCUT2D eigenvalue weighted by atomic mass is 9.88. The summed E-state index contributed by atoms with van der Waals surface area (Å²) < 4.78 is 0. The number of fused-ring (bicyclic) bond motifs is 1. The number of rotatable bonds is 2. The van der Waals surface area contributed by atoms with E-state index < -0.39 is 0 Å². The molecule has 2 rings (SSSR count). The van der Waals surface area contributed by atoms with Gasteiger partial charge in [-0.15, -0.1) is 0 Å². The molecule has 0 amide bonds. The first-order chi connectivity index (χ1) is 9.50. The molecule has 0 heterocycles. The van der Waals surface area contributed by atoms with Crippen molar-refractivity contribution in [1.29, 1.82) is 0 Å². The normalized spacial score (nSPS) is 17.1. The molecule has 2 N–H and O–H groups in total. The average molecular weight is 280 g/mol. The Balaban J connectivity index is 0.000000352. The summed E-state index contributed by atoms with van der Waals surface area (Å²) in [5.74, 6) is 0. The fraction of sp³-hybridized carbons (Fsp3) is 0.667. The zero-order chi connectivity index (χ0) is 15.6. The van der Waals surface area contributed by atoms with Crippen LogP contribution in [0.25, 0.3) is 0 Å². The first-order valence-electron chi connectivity index (χ1n) is 7.70. The molecule has 0 fully saturated rings. The summed E-state index contributed by atoms with van der Waals surface area (Å²) in [6.07, 6.45) is 5.56. The number of hydrogen-bond donors (Lipinski definition) is 2. The summed E-state index contributed by atoms with van der Waals surface area (Å²) in [4.78, 5) is 0. The van der Waals surface area contributed by atoms with Gasteiger partial charge in [-0.1, -0.05) is 64.8 Å². The van der Waals surface area contributed by atoms with Crippen molar-refractivity contribution in [1.82, 2.24) is 0 Å². The molecule has 1 aromatic rings. The molecule has 1 aliphatic carbocycles. The van der Waals surface area contributed by atoms with Gasteiger partial charge in [-0.2, -0.15) is 0 Å². The van der Waals surface area contributed by atoms with Gasteiger partial charge in [0.1, 0.15) is 0 Å². The van der Waals surface area contributed by atoms with Gasteiger partial charge in [0.15, 0.2) is 0 Å². The first-order valence-corrected chi connectivity index (χ1v) is 7.70. The third-order valence-electron chi connectivity index (χ3n) is 4.25. The molecule has 0 aliphatic heterocycles. The third kappa shape index (κ3) is 6.53. The molecule has 0 bridgehead atoms. The quantitative estimate of drug-likeness (QED) is 0.837. The molecule has 0 radical (unpaired) electrons. The van der Waals surface area contributed by atoms with E-state index in [1.807, 2.05) is 18.2 Å². The topological polar surface area (TPSA) is 40.5 Å². The molecule has 20 heavy (non-hydrogen) atoms. The van der Waals surface area contributed by atoms with Crippen molar-refractivity contribution < 1.29 is 10.2 Å². The minimum Gasteiger partial charge on any atom is -0.400 e. The third-order valence-corrected chi connectivity index (χ3v) is 4.25. The molecule has 1 aliphatic rings. The summed E-state index contributed by atoms with van der Waals surface area (Å²) >= 11 is 0. The molecule has 0 spiro atoms. The van der Waals surface area contributed by atoms with E-state index in [2.05, 4.69) is 33.8 Å². The van der Waals surface area contributed by atoms with E-state index >= 15 is 0 Å². The fourth-order valence-corrected chi connectivity index (χ4v) is 1.98. The number of aryl methyl sites for hydroxylation is 1. The van der Waals surface area contributed by atoms with Gasteiger partial charge in [0, 0.05) is 7.11 Å². The number of aliphatic hydroxyl groups excluding tert-OH is 2. The van der Waals surface area contributed by atoms with Crippen LogP contribution in [0.4, 0.5) is 0 Å². The van der Waals surface area contributed by atoms with Gasteiger partial charge < -0.3 is 10.2 Å². The molecule has 0 saturated heterocycles. The highest BCUT2D eigenvalue weighted by Crippen LogP contribution is 2.28. The van der Waals surface area contributed by atoms with Crippen molar-refractivity contribution >= 4 is 0 Å². The Morgan fingerprint density at radius 1 is 1.10 bits per heavy atom. The van der Waals surface area contributed by atoms with Crippen molar-refractivity contribution in [2.24, 2.45) is 5.41 Å². The Bertz CT molecular complexity index is 352. The Morgan fingerprint density at radius 3 is 2.10 bits per heavy atom. The van der Waals surface area contributed by atoms with Crippen molar-refractivity contribution in [2.75, 3.05) is 7.11 Å². The Hall–Kier alpha value is -0.860. The van der Waals surface area contributed by atoms with Crippen molar-refractivity contribution in [2.45, 2.75) is 65.9 Å². The summed E-state index contributed by atoms with van der Waals surface area (Å²) in [6, 6.07) is 8.17. The molecule has 0 saturated carbocycles. The SMILES string of the molecule is CCC(C)(C)CC.CO.OC1CCCc2ccccc21. The zero-order valence-corrected chi connectivity index (χ0v) is 13.8. The van der Waals surface area contributed by atoms with Gasteiger partial charge in [-0.3, -0.25) is 0 Å². The highest BCUT2D eigenvalue weighted by atomic mass is 16.3. The smallest absolute Gasteiger partial charge is 0.0792 e. The molecular weight excluding hydrogens is 248 g/mol. The van der Waals surface area contributed by atoms with E-state index in [9.17, 15) is 5.11 Å². The van der Waals surface area contributed by atoms with Gasteiger partial charge >= 0.3 is 0 Å². The minimum atomic E-state index is -0.208. The molecule has 116 valence electrons. The monoisotopic (exact) mass is 280 g/mol. The highest BCUT2D eigenvalue weighted by molar-refractivity contribution is 5.30. The van der Waals surface area contributed by atoms with Crippen LogP contribution >= 0.6 is 0 Å². The fourth-order valence-electron chi connectivity index (χ4n) is 1.98. The molecule has 2 heteroatoms. The van der Waals surface area contributed by atoms with Crippen LogP contribution in [0.2, 0.25) is 0 Å². The van der Waals surface area contributed by atoms with E-state index in [-0.39, 0.29) is 6.10 Å². The first kappa shape index (κ1) is 19.1. The maximum Gasteiger partial charge on any atom is 0.0792 e. The number of aliphatic hydroxyl groups is 2. The molecule has 1 atom stereocenters. The second kappa shape index (κ2) is 9.95. The molecule has 0 aromatic heterocycles. The zero-order valence-electron chi connectivity index (χ0n) is 13.8. The van der Waals surface area contributed by atoms with Crippen LogP contribution in [0.1, 0.15) is 70.6 Å². The predicted octanol–water partition coefficient (Wildman–Crippen LogP) is 4.50. The lowest BCUT2D eigenvalue weighted by molar-refractivity contribution is 0.156.